The zero-order chi connectivity index (χ0) is 14.9. The molecule has 1 amide bonds. The third kappa shape index (κ3) is 2.98. The Labute approximate surface area is 126 Å². The summed E-state index contributed by atoms with van der Waals surface area (Å²) >= 11 is 12.2. The summed E-state index contributed by atoms with van der Waals surface area (Å²) in [6.07, 6.45) is 0. The standard InChI is InChI=1S/C14H13Cl2N3O/c1-7-4-10(16)12(6-9(7)15)19-13-5-8(14(18)20)2-3-11(13)17/h2-6,19H,17H2,1H3,(H2,18,20). The average Bonchev–Trinajstić information content (AvgIpc) is 2.38. The summed E-state index contributed by atoms with van der Waals surface area (Å²) in [6.45, 7) is 1.86. The van der Waals surface area contributed by atoms with Gasteiger partial charge in [0.2, 0.25) is 5.91 Å². The monoisotopic (exact) mass is 309 g/mol. The molecule has 0 heterocycles. The number of rotatable bonds is 3. The van der Waals surface area contributed by atoms with Crippen LogP contribution in [0.25, 0.3) is 0 Å². The van der Waals surface area contributed by atoms with Gasteiger partial charge in [-0.15, -0.1) is 0 Å². The van der Waals surface area contributed by atoms with Crippen LogP contribution in [0.4, 0.5) is 17.1 Å². The first kappa shape index (κ1) is 14.5. The van der Waals surface area contributed by atoms with Crippen LogP contribution >= 0.6 is 23.2 Å². The van der Waals surface area contributed by atoms with Crippen LogP contribution in [-0.4, -0.2) is 5.91 Å². The molecule has 0 aliphatic heterocycles. The molecule has 6 heteroatoms. The van der Waals surface area contributed by atoms with Crippen molar-refractivity contribution < 1.29 is 4.79 Å². The van der Waals surface area contributed by atoms with E-state index in [0.717, 1.165) is 5.56 Å². The predicted molar refractivity (Wildman–Crippen MR) is 83.9 cm³/mol. The van der Waals surface area contributed by atoms with Crippen LogP contribution < -0.4 is 16.8 Å². The first-order valence-corrected chi connectivity index (χ1v) is 6.56. The number of carbonyl (C=O) groups excluding carboxylic acids is 1. The van der Waals surface area contributed by atoms with Crippen molar-refractivity contribution in [1.82, 2.24) is 0 Å². The summed E-state index contributed by atoms with van der Waals surface area (Å²) in [5.41, 5.74) is 14.0. The van der Waals surface area contributed by atoms with Crippen LogP contribution in [0.15, 0.2) is 30.3 Å². The molecule has 0 aliphatic carbocycles. The van der Waals surface area contributed by atoms with E-state index in [1.54, 1.807) is 30.3 Å². The number of nitrogens with two attached hydrogens (primary N) is 2. The maximum absolute atomic E-state index is 11.2. The molecule has 20 heavy (non-hydrogen) atoms. The van der Waals surface area contributed by atoms with Gasteiger partial charge < -0.3 is 16.8 Å². The van der Waals surface area contributed by atoms with Crippen molar-refractivity contribution in [2.45, 2.75) is 6.92 Å². The van der Waals surface area contributed by atoms with Crippen LogP contribution in [0.2, 0.25) is 10.0 Å². The summed E-state index contributed by atoms with van der Waals surface area (Å²) in [7, 11) is 0. The molecule has 0 bridgehead atoms. The topological polar surface area (TPSA) is 81.1 Å². The molecule has 0 radical (unpaired) electrons. The lowest BCUT2D eigenvalue weighted by Gasteiger charge is -2.13. The highest BCUT2D eigenvalue weighted by Gasteiger charge is 2.09. The number of hydrogen-bond donors (Lipinski definition) is 3. The Bertz CT molecular complexity index is 686. The Kier molecular flexibility index (Phi) is 4.06. The van der Waals surface area contributed by atoms with Gasteiger partial charge in [-0.2, -0.15) is 0 Å². The molecular formula is C14H13Cl2N3O. The maximum Gasteiger partial charge on any atom is 0.248 e. The summed E-state index contributed by atoms with van der Waals surface area (Å²) < 4.78 is 0. The Morgan fingerprint density at radius 1 is 1.10 bits per heavy atom. The quantitative estimate of drug-likeness (QED) is 0.756. The normalized spacial score (nSPS) is 10.3. The van der Waals surface area contributed by atoms with E-state index >= 15 is 0 Å². The minimum Gasteiger partial charge on any atom is -0.397 e. The van der Waals surface area contributed by atoms with Crippen molar-refractivity contribution in [2.24, 2.45) is 5.73 Å². The van der Waals surface area contributed by atoms with Crippen molar-refractivity contribution in [3.63, 3.8) is 0 Å². The number of anilines is 3. The fourth-order valence-corrected chi connectivity index (χ4v) is 2.13. The molecule has 0 aliphatic rings. The van der Waals surface area contributed by atoms with Crippen LogP contribution in [0, 0.1) is 6.92 Å². The molecule has 2 aromatic rings. The molecule has 2 rings (SSSR count). The molecule has 5 N–H and O–H groups in total. The molecule has 2 aromatic carbocycles. The predicted octanol–water partition coefficient (Wildman–Crippen LogP) is 3.73. The van der Waals surface area contributed by atoms with Gasteiger partial charge in [-0.05, 0) is 42.8 Å². The van der Waals surface area contributed by atoms with Crippen LogP contribution in [0.3, 0.4) is 0 Å². The van der Waals surface area contributed by atoms with Gasteiger partial charge >= 0.3 is 0 Å². The Balaban J connectivity index is 2.42. The first-order chi connectivity index (χ1) is 9.38. The van der Waals surface area contributed by atoms with Crippen LogP contribution in [0.1, 0.15) is 15.9 Å². The van der Waals surface area contributed by atoms with E-state index in [0.29, 0.717) is 32.7 Å². The van der Waals surface area contributed by atoms with Gasteiger partial charge in [-0.1, -0.05) is 23.2 Å². The van der Waals surface area contributed by atoms with Gasteiger partial charge in [0.1, 0.15) is 0 Å². The Morgan fingerprint density at radius 2 is 1.80 bits per heavy atom. The van der Waals surface area contributed by atoms with E-state index in [2.05, 4.69) is 5.32 Å². The molecule has 0 spiro atoms. The van der Waals surface area contributed by atoms with E-state index in [-0.39, 0.29) is 0 Å². The Morgan fingerprint density at radius 3 is 2.45 bits per heavy atom. The lowest BCUT2D eigenvalue weighted by molar-refractivity contribution is 0.100. The summed E-state index contributed by atoms with van der Waals surface area (Å²) in [6, 6.07) is 8.19. The second-order valence-electron chi connectivity index (χ2n) is 4.37. The molecule has 0 aromatic heterocycles. The number of amides is 1. The lowest BCUT2D eigenvalue weighted by Crippen LogP contribution is -2.11. The highest BCUT2D eigenvalue weighted by Crippen LogP contribution is 2.33. The maximum atomic E-state index is 11.2. The van der Waals surface area contributed by atoms with Gasteiger partial charge in [0, 0.05) is 10.6 Å². The van der Waals surface area contributed by atoms with Gasteiger partial charge in [-0.3, -0.25) is 4.79 Å². The largest absolute Gasteiger partial charge is 0.397 e. The third-order valence-electron chi connectivity index (χ3n) is 2.86. The highest BCUT2D eigenvalue weighted by atomic mass is 35.5. The number of halogens is 2. The minimum atomic E-state index is -0.527. The molecule has 0 atom stereocenters. The number of hydrogen-bond acceptors (Lipinski definition) is 3. The molecule has 0 saturated heterocycles. The number of primary amides is 1. The SMILES string of the molecule is Cc1cc(Cl)c(Nc2cc(C(N)=O)ccc2N)cc1Cl. The van der Waals surface area contributed by atoms with Gasteiger partial charge in [0.15, 0.2) is 0 Å². The van der Waals surface area contributed by atoms with Crippen LogP contribution in [-0.2, 0) is 0 Å². The van der Waals surface area contributed by atoms with Gasteiger partial charge in [0.25, 0.3) is 0 Å². The molecule has 0 fully saturated rings. The van der Waals surface area contributed by atoms with Crippen molar-refractivity contribution in [3.05, 3.63) is 51.5 Å². The van der Waals surface area contributed by atoms with E-state index in [9.17, 15) is 4.79 Å². The van der Waals surface area contributed by atoms with Crippen molar-refractivity contribution in [3.8, 4) is 0 Å². The van der Waals surface area contributed by atoms with Gasteiger partial charge in [-0.25, -0.2) is 0 Å². The van der Waals surface area contributed by atoms with Crippen molar-refractivity contribution in [2.75, 3.05) is 11.1 Å². The summed E-state index contributed by atoms with van der Waals surface area (Å²) in [4.78, 5) is 11.2. The highest BCUT2D eigenvalue weighted by molar-refractivity contribution is 6.35. The summed E-state index contributed by atoms with van der Waals surface area (Å²) in [5.74, 6) is -0.527. The number of aryl methyl sites for hydroxylation is 1. The number of nitrogens with one attached hydrogen (secondary N) is 1. The third-order valence-corrected chi connectivity index (χ3v) is 3.58. The average molecular weight is 310 g/mol. The second kappa shape index (κ2) is 5.61. The molecule has 0 unspecified atom stereocenters. The number of nitrogen functional groups attached to an aromatic ring is 1. The number of benzene rings is 2. The second-order valence-corrected chi connectivity index (χ2v) is 5.19. The Hall–Kier alpha value is -1.91. The van der Waals surface area contributed by atoms with E-state index < -0.39 is 5.91 Å². The molecular weight excluding hydrogens is 297 g/mol. The first-order valence-electron chi connectivity index (χ1n) is 5.80. The van der Waals surface area contributed by atoms with E-state index in [4.69, 9.17) is 34.7 Å². The lowest BCUT2D eigenvalue weighted by atomic mass is 10.1. The van der Waals surface area contributed by atoms with Crippen molar-refractivity contribution >= 4 is 46.2 Å². The smallest absolute Gasteiger partial charge is 0.248 e. The van der Waals surface area contributed by atoms with E-state index in [1.807, 2.05) is 6.92 Å². The summed E-state index contributed by atoms with van der Waals surface area (Å²) in [5, 5.41) is 4.15. The van der Waals surface area contributed by atoms with Crippen molar-refractivity contribution in [1.29, 1.82) is 0 Å². The molecule has 4 nitrogen and oxygen atoms in total. The molecule has 104 valence electrons. The zero-order valence-corrected chi connectivity index (χ0v) is 12.2. The van der Waals surface area contributed by atoms with Crippen LogP contribution in [0.5, 0.6) is 0 Å². The number of carbonyl (C=O) groups is 1. The zero-order valence-electron chi connectivity index (χ0n) is 10.7. The minimum absolute atomic E-state index is 0.357. The molecule has 0 saturated carbocycles. The van der Waals surface area contributed by atoms with Gasteiger partial charge in [0.05, 0.1) is 22.1 Å². The van der Waals surface area contributed by atoms with E-state index in [1.165, 1.54) is 0 Å². The fraction of sp³-hybridized carbons (Fsp3) is 0.0714. The fourth-order valence-electron chi connectivity index (χ4n) is 1.70.